The topological polar surface area (TPSA) is 85.6 Å². The first kappa shape index (κ1) is 16.8. The van der Waals surface area contributed by atoms with Crippen LogP contribution in [-0.2, 0) is 11.3 Å². The summed E-state index contributed by atoms with van der Waals surface area (Å²) in [5.41, 5.74) is 2.86. The highest BCUT2D eigenvalue weighted by Gasteiger charge is 2.12. The fourth-order valence-corrected chi connectivity index (χ4v) is 3.64. The summed E-state index contributed by atoms with van der Waals surface area (Å²) < 4.78 is 2.01. The summed E-state index contributed by atoms with van der Waals surface area (Å²) in [6.07, 6.45) is 0. The summed E-state index contributed by atoms with van der Waals surface area (Å²) in [7, 11) is 0. The van der Waals surface area contributed by atoms with Crippen LogP contribution in [0.4, 0.5) is 5.13 Å². The molecule has 0 saturated carbocycles. The van der Waals surface area contributed by atoms with Gasteiger partial charge in [-0.3, -0.25) is 4.79 Å². The molecule has 26 heavy (non-hydrogen) atoms. The zero-order chi connectivity index (χ0) is 18.1. The van der Waals surface area contributed by atoms with Crippen LogP contribution in [-0.4, -0.2) is 31.1 Å². The van der Waals surface area contributed by atoms with E-state index >= 15 is 0 Å². The number of aromatic nitrogens is 5. The highest BCUT2D eigenvalue weighted by molar-refractivity contribution is 9.10. The molecule has 0 saturated heterocycles. The molecule has 0 aliphatic carbocycles. The van der Waals surface area contributed by atoms with Gasteiger partial charge in [0, 0.05) is 10.0 Å². The lowest BCUT2D eigenvalue weighted by molar-refractivity contribution is -0.117. The molecule has 0 atom stereocenters. The molecule has 2 aromatic carbocycles. The van der Waals surface area contributed by atoms with Crippen LogP contribution < -0.4 is 5.32 Å². The number of carbonyl (C=O) groups is 1. The Morgan fingerprint density at radius 2 is 2.04 bits per heavy atom. The third-order valence-electron chi connectivity index (χ3n) is 3.63. The van der Waals surface area contributed by atoms with Crippen LogP contribution >= 0.6 is 27.3 Å². The van der Waals surface area contributed by atoms with Gasteiger partial charge in [0.15, 0.2) is 5.13 Å². The van der Waals surface area contributed by atoms with Gasteiger partial charge in [0.25, 0.3) is 0 Å². The summed E-state index contributed by atoms with van der Waals surface area (Å²) in [6, 6.07) is 13.6. The first-order valence-corrected chi connectivity index (χ1v) is 9.38. The van der Waals surface area contributed by atoms with Gasteiger partial charge in [-0.25, -0.2) is 4.98 Å². The molecule has 0 aliphatic rings. The lowest BCUT2D eigenvalue weighted by atomic mass is 10.2. The molecular formula is C17H13BrN6OS. The average Bonchev–Trinajstić information content (AvgIpc) is 3.21. The van der Waals surface area contributed by atoms with E-state index in [-0.39, 0.29) is 12.5 Å². The molecule has 0 aliphatic heterocycles. The number of hydrogen-bond donors (Lipinski definition) is 1. The Morgan fingerprint density at radius 1 is 1.23 bits per heavy atom. The lowest BCUT2D eigenvalue weighted by Crippen LogP contribution is -2.20. The first-order valence-electron chi connectivity index (χ1n) is 7.77. The smallest absolute Gasteiger partial charge is 0.249 e. The number of rotatable bonds is 4. The van der Waals surface area contributed by atoms with Gasteiger partial charge in [-0.2, -0.15) is 4.80 Å². The van der Waals surface area contributed by atoms with Crippen LogP contribution in [0.2, 0.25) is 0 Å². The van der Waals surface area contributed by atoms with Crippen molar-refractivity contribution in [2.45, 2.75) is 13.5 Å². The van der Waals surface area contributed by atoms with Gasteiger partial charge in [-0.15, -0.1) is 10.2 Å². The predicted octanol–water partition coefficient (Wildman–Crippen LogP) is 3.66. The van der Waals surface area contributed by atoms with Gasteiger partial charge in [0.2, 0.25) is 11.7 Å². The largest absolute Gasteiger partial charge is 0.300 e. The minimum Gasteiger partial charge on any atom is -0.300 e. The van der Waals surface area contributed by atoms with E-state index in [9.17, 15) is 4.79 Å². The van der Waals surface area contributed by atoms with E-state index < -0.39 is 0 Å². The zero-order valence-electron chi connectivity index (χ0n) is 13.7. The summed E-state index contributed by atoms with van der Waals surface area (Å²) in [6.45, 7) is 2.00. The molecule has 4 rings (SSSR count). The van der Waals surface area contributed by atoms with E-state index in [1.807, 2.05) is 49.4 Å². The van der Waals surface area contributed by atoms with Gasteiger partial charge >= 0.3 is 0 Å². The number of tetrazole rings is 1. The number of nitrogens with one attached hydrogen (secondary N) is 1. The highest BCUT2D eigenvalue weighted by atomic mass is 79.9. The normalized spacial score (nSPS) is 11.0. The predicted molar refractivity (Wildman–Crippen MR) is 104 cm³/mol. The number of anilines is 1. The molecule has 4 aromatic rings. The van der Waals surface area contributed by atoms with Crippen molar-refractivity contribution < 1.29 is 4.79 Å². The van der Waals surface area contributed by atoms with Gasteiger partial charge in [0.05, 0.1) is 10.2 Å². The van der Waals surface area contributed by atoms with Gasteiger partial charge in [0.1, 0.15) is 6.54 Å². The maximum absolute atomic E-state index is 12.2. The molecule has 9 heteroatoms. The Morgan fingerprint density at radius 3 is 2.85 bits per heavy atom. The van der Waals surface area contributed by atoms with Crippen molar-refractivity contribution in [2.24, 2.45) is 0 Å². The summed E-state index contributed by atoms with van der Waals surface area (Å²) in [5.74, 6) is 0.223. The van der Waals surface area contributed by atoms with Crippen molar-refractivity contribution in [1.82, 2.24) is 25.2 Å². The second kappa shape index (κ2) is 6.93. The van der Waals surface area contributed by atoms with Gasteiger partial charge in [-0.05, 0) is 54.1 Å². The monoisotopic (exact) mass is 428 g/mol. The molecule has 0 fully saturated rings. The number of amides is 1. The quantitative estimate of drug-likeness (QED) is 0.535. The summed E-state index contributed by atoms with van der Waals surface area (Å²) in [4.78, 5) is 17.9. The van der Waals surface area contributed by atoms with E-state index in [0.29, 0.717) is 11.0 Å². The van der Waals surface area contributed by atoms with Crippen LogP contribution in [0.1, 0.15) is 5.56 Å². The molecule has 0 bridgehead atoms. The zero-order valence-corrected chi connectivity index (χ0v) is 16.1. The summed E-state index contributed by atoms with van der Waals surface area (Å²) >= 11 is 4.82. The second-order valence-electron chi connectivity index (χ2n) is 5.69. The molecule has 0 radical (unpaired) electrons. The molecule has 2 aromatic heterocycles. The minimum absolute atomic E-state index is 0.0293. The van der Waals surface area contributed by atoms with Crippen LogP contribution in [0, 0.1) is 6.92 Å². The molecule has 130 valence electrons. The molecular weight excluding hydrogens is 416 g/mol. The Kier molecular flexibility index (Phi) is 4.48. The maximum Gasteiger partial charge on any atom is 0.249 e. The van der Waals surface area contributed by atoms with E-state index in [2.05, 4.69) is 41.6 Å². The fraction of sp³-hybridized carbons (Fsp3) is 0.118. The van der Waals surface area contributed by atoms with Crippen molar-refractivity contribution in [3.8, 4) is 11.4 Å². The SMILES string of the molecule is Cc1ccc2nc(NC(=O)Cn3nnc(-c4ccc(Br)cc4)n3)sc2c1. The molecule has 1 N–H and O–H groups in total. The second-order valence-corrected chi connectivity index (χ2v) is 7.64. The standard InChI is InChI=1S/C17H13BrN6OS/c1-10-2-7-13-14(8-10)26-17(19-13)20-15(25)9-24-22-16(21-23-24)11-3-5-12(18)6-4-11/h2-8H,9H2,1H3,(H,19,20,25). The Labute approximate surface area is 161 Å². The van der Waals surface area contributed by atoms with Crippen LogP contribution in [0.25, 0.3) is 21.6 Å². The number of carbonyl (C=O) groups excluding carboxylic acids is 1. The van der Waals surface area contributed by atoms with E-state index in [4.69, 9.17) is 0 Å². The molecule has 2 heterocycles. The van der Waals surface area contributed by atoms with E-state index in [1.54, 1.807) is 0 Å². The van der Waals surface area contributed by atoms with Crippen LogP contribution in [0.15, 0.2) is 46.9 Å². The fourth-order valence-electron chi connectivity index (χ4n) is 2.40. The Balaban J connectivity index is 1.45. The molecule has 0 spiro atoms. The lowest BCUT2D eigenvalue weighted by Gasteiger charge is -1.99. The third kappa shape index (κ3) is 3.63. The number of benzene rings is 2. The Bertz CT molecular complexity index is 1090. The van der Waals surface area contributed by atoms with Gasteiger partial charge in [-0.1, -0.05) is 33.3 Å². The third-order valence-corrected chi connectivity index (χ3v) is 5.09. The van der Waals surface area contributed by atoms with Crippen LogP contribution in [0.5, 0.6) is 0 Å². The number of fused-ring (bicyclic) bond motifs is 1. The summed E-state index contributed by atoms with van der Waals surface area (Å²) in [5, 5.41) is 15.5. The number of halogens is 1. The maximum atomic E-state index is 12.2. The van der Waals surface area contributed by atoms with Crippen molar-refractivity contribution in [3.05, 3.63) is 52.5 Å². The van der Waals surface area contributed by atoms with Gasteiger partial charge < -0.3 is 5.32 Å². The Hall–Kier alpha value is -2.65. The first-order chi connectivity index (χ1) is 12.6. The number of hydrogen-bond acceptors (Lipinski definition) is 6. The number of nitrogens with zero attached hydrogens (tertiary/aromatic N) is 5. The van der Waals surface area contributed by atoms with Crippen molar-refractivity contribution >= 4 is 48.5 Å². The average molecular weight is 429 g/mol. The van der Waals surface area contributed by atoms with Crippen molar-refractivity contribution in [3.63, 3.8) is 0 Å². The number of thiazole rings is 1. The van der Waals surface area contributed by atoms with E-state index in [0.717, 1.165) is 25.8 Å². The molecule has 7 nitrogen and oxygen atoms in total. The van der Waals surface area contributed by atoms with E-state index in [1.165, 1.54) is 16.1 Å². The van der Waals surface area contributed by atoms with Crippen molar-refractivity contribution in [2.75, 3.05) is 5.32 Å². The van der Waals surface area contributed by atoms with Crippen LogP contribution in [0.3, 0.4) is 0 Å². The highest BCUT2D eigenvalue weighted by Crippen LogP contribution is 2.26. The van der Waals surface area contributed by atoms with Crippen molar-refractivity contribution in [1.29, 1.82) is 0 Å². The minimum atomic E-state index is -0.250. The number of aryl methyl sites for hydroxylation is 1. The molecule has 1 amide bonds. The molecule has 0 unspecified atom stereocenters.